The fraction of sp³-hybridized carbons (Fsp3) is 0.200. The summed E-state index contributed by atoms with van der Waals surface area (Å²) in [6.45, 7) is 0.449. The molecule has 7 nitrogen and oxygen atoms in total. The number of methoxy groups -OCH3 is 1. The van der Waals surface area contributed by atoms with E-state index in [4.69, 9.17) is 16.3 Å². The highest BCUT2D eigenvalue weighted by Gasteiger charge is 2.15. The number of nitrogens with one attached hydrogen (secondary N) is 1. The van der Waals surface area contributed by atoms with Crippen molar-refractivity contribution in [3.8, 4) is 11.1 Å². The van der Waals surface area contributed by atoms with Crippen molar-refractivity contribution in [2.45, 2.75) is 4.90 Å². The molecule has 0 amide bonds. The second-order valence-corrected chi connectivity index (χ2v) is 7.01. The van der Waals surface area contributed by atoms with Crippen molar-refractivity contribution in [2.75, 3.05) is 20.3 Å². The Kier molecular flexibility index (Phi) is 5.89. The molecule has 0 saturated heterocycles. The van der Waals surface area contributed by atoms with Gasteiger partial charge in [0.05, 0.1) is 21.4 Å². The standard InChI is InChI=1S/C15H15ClN2O5S/c1-23-9-8-17-24(21,22)13-5-2-11(3-6-13)14-7-4-12(18(19)20)10-15(14)16/h2-7,10,17H,8-9H2,1H3. The summed E-state index contributed by atoms with van der Waals surface area (Å²) < 4.78 is 31.4. The Morgan fingerprint density at radius 3 is 2.42 bits per heavy atom. The van der Waals surface area contributed by atoms with Crippen LogP contribution in [0.5, 0.6) is 0 Å². The predicted octanol–water partition coefficient (Wildman–Crippen LogP) is 2.84. The first kappa shape index (κ1) is 18.3. The van der Waals surface area contributed by atoms with Crippen molar-refractivity contribution in [1.82, 2.24) is 4.72 Å². The van der Waals surface area contributed by atoms with Crippen LogP contribution >= 0.6 is 11.6 Å². The van der Waals surface area contributed by atoms with Crippen LogP contribution < -0.4 is 4.72 Å². The average molecular weight is 371 g/mol. The zero-order chi connectivity index (χ0) is 17.7. The minimum atomic E-state index is -3.61. The Morgan fingerprint density at radius 2 is 1.88 bits per heavy atom. The minimum absolute atomic E-state index is 0.106. The maximum atomic E-state index is 12.1. The zero-order valence-electron chi connectivity index (χ0n) is 12.7. The van der Waals surface area contributed by atoms with E-state index in [1.807, 2.05) is 0 Å². The molecule has 0 saturated carbocycles. The largest absolute Gasteiger partial charge is 0.383 e. The number of benzene rings is 2. The highest BCUT2D eigenvalue weighted by Crippen LogP contribution is 2.31. The molecule has 128 valence electrons. The lowest BCUT2D eigenvalue weighted by atomic mass is 10.1. The zero-order valence-corrected chi connectivity index (χ0v) is 14.3. The number of rotatable bonds is 7. The van der Waals surface area contributed by atoms with Crippen LogP contribution in [0.1, 0.15) is 0 Å². The Bertz CT molecular complexity index is 837. The lowest BCUT2D eigenvalue weighted by molar-refractivity contribution is -0.384. The van der Waals surface area contributed by atoms with Gasteiger partial charge in [0.25, 0.3) is 5.69 Å². The van der Waals surface area contributed by atoms with E-state index in [-0.39, 0.29) is 28.8 Å². The number of nitro benzene ring substituents is 1. The van der Waals surface area contributed by atoms with E-state index in [0.717, 1.165) is 0 Å². The summed E-state index contributed by atoms with van der Waals surface area (Å²) in [6, 6.07) is 10.2. The van der Waals surface area contributed by atoms with Gasteiger partial charge in [-0.2, -0.15) is 0 Å². The molecule has 2 rings (SSSR count). The van der Waals surface area contributed by atoms with Gasteiger partial charge in [-0.15, -0.1) is 0 Å². The number of sulfonamides is 1. The van der Waals surface area contributed by atoms with Gasteiger partial charge in [-0.3, -0.25) is 10.1 Å². The van der Waals surface area contributed by atoms with Crippen LogP contribution in [-0.2, 0) is 14.8 Å². The summed E-state index contributed by atoms with van der Waals surface area (Å²) in [5.41, 5.74) is 1.13. The SMILES string of the molecule is COCCNS(=O)(=O)c1ccc(-c2ccc([N+](=O)[O-])cc2Cl)cc1. The van der Waals surface area contributed by atoms with Crippen LogP contribution in [0.2, 0.25) is 5.02 Å². The maximum Gasteiger partial charge on any atom is 0.270 e. The number of halogens is 1. The van der Waals surface area contributed by atoms with Crippen molar-refractivity contribution in [1.29, 1.82) is 0 Å². The Hall–Kier alpha value is -2.00. The number of ether oxygens (including phenoxy) is 1. The third-order valence-electron chi connectivity index (χ3n) is 3.24. The summed E-state index contributed by atoms with van der Waals surface area (Å²) in [4.78, 5) is 10.3. The molecule has 0 radical (unpaired) electrons. The van der Waals surface area contributed by atoms with Gasteiger partial charge in [-0.25, -0.2) is 13.1 Å². The third-order valence-corrected chi connectivity index (χ3v) is 5.03. The van der Waals surface area contributed by atoms with Gasteiger partial charge in [0, 0.05) is 31.4 Å². The molecule has 24 heavy (non-hydrogen) atoms. The minimum Gasteiger partial charge on any atom is -0.383 e. The van der Waals surface area contributed by atoms with Crippen molar-refractivity contribution in [2.24, 2.45) is 0 Å². The quantitative estimate of drug-likeness (QED) is 0.459. The fourth-order valence-corrected chi connectivity index (χ4v) is 3.32. The molecular weight excluding hydrogens is 356 g/mol. The second kappa shape index (κ2) is 7.71. The normalized spacial score (nSPS) is 11.4. The lowest BCUT2D eigenvalue weighted by Gasteiger charge is -2.08. The van der Waals surface area contributed by atoms with Gasteiger partial charge in [0.2, 0.25) is 10.0 Å². The topological polar surface area (TPSA) is 98.5 Å². The molecule has 0 heterocycles. The van der Waals surface area contributed by atoms with Gasteiger partial charge >= 0.3 is 0 Å². The summed E-state index contributed by atoms with van der Waals surface area (Å²) in [6.07, 6.45) is 0. The van der Waals surface area contributed by atoms with Crippen LogP contribution in [0, 0.1) is 10.1 Å². The first-order valence-corrected chi connectivity index (χ1v) is 8.74. The molecular formula is C15H15ClN2O5S. The molecule has 0 atom stereocenters. The van der Waals surface area contributed by atoms with E-state index in [1.54, 1.807) is 12.1 Å². The van der Waals surface area contributed by atoms with Crippen LogP contribution in [0.3, 0.4) is 0 Å². The first-order chi connectivity index (χ1) is 11.3. The second-order valence-electron chi connectivity index (χ2n) is 4.84. The van der Waals surface area contributed by atoms with Crippen LogP contribution in [0.4, 0.5) is 5.69 Å². The summed E-state index contributed by atoms with van der Waals surface area (Å²) in [7, 11) is -2.13. The number of nitro groups is 1. The van der Waals surface area contributed by atoms with E-state index in [1.165, 1.54) is 37.4 Å². The van der Waals surface area contributed by atoms with Gasteiger partial charge in [-0.1, -0.05) is 23.7 Å². The Morgan fingerprint density at radius 1 is 1.21 bits per heavy atom. The van der Waals surface area contributed by atoms with Gasteiger partial charge < -0.3 is 4.74 Å². The van der Waals surface area contributed by atoms with E-state index in [2.05, 4.69) is 4.72 Å². The van der Waals surface area contributed by atoms with Gasteiger partial charge in [0.1, 0.15) is 0 Å². The van der Waals surface area contributed by atoms with E-state index < -0.39 is 14.9 Å². The summed E-state index contributed by atoms with van der Waals surface area (Å²) >= 11 is 6.07. The van der Waals surface area contributed by atoms with Crippen molar-refractivity contribution in [3.05, 3.63) is 57.6 Å². The maximum absolute atomic E-state index is 12.1. The average Bonchev–Trinajstić information content (AvgIpc) is 2.55. The van der Waals surface area contributed by atoms with Crippen LogP contribution in [0.25, 0.3) is 11.1 Å². The van der Waals surface area contributed by atoms with Crippen molar-refractivity contribution < 1.29 is 18.1 Å². The molecule has 2 aromatic carbocycles. The summed E-state index contributed by atoms with van der Waals surface area (Å²) in [5, 5.41) is 10.9. The summed E-state index contributed by atoms with van der Waals surface area (Å²) in [5.74, 6) is 0. The number of hydrogen-bond donors (Lipinski definition) is 1. The lowest BCUT2D eigenvalue weighted by Crippen LogP contribution is -2.27. The van der Waals surface area contributed by atoms with E-state index in [0.29, 0.717) is 11.1 Å². The third kappa shape index (κ3) is 4.30. The number of hydrogen-bond acceptors (Lipinski definition) is 5. The van der Waals surface area contributed by atoms with Crippen LogP contribution in [-0.4, -0.2) is 33.6 Å². The highest BCUT2D eigenvalue weighted by atomic mass is 35.5. The van der Waals surface area contributed by atoms with Crippen molar-refractivity contribution in [3.63, 3.8) is 0 Å². The Labute approximate surface area is 144 Å². The molecule has 2 aromatic rings. The molecule has 9 heteroatoms. The molecule has 0 spiro atoms. The highest BCUT2D eigenvalue weighted by molar-refractivity contribution is 7.89. The van der Waals surface area contributed by atoms with E-state index >= 15 is 0 Å². The van der Waals surface area contributed by atoms with E-state index in [9.17, 15) is 18.5 Å². The fourth-order valence-electron chi connectivity index (χ4n) is 2.03. The molecule has 0 fully saturated rings. The molecule has 0 bridgehead atoms. The molecule has 0 aliphatic rings. The first-order valence-electron chi connectivity index (χ1n) is 6.88. The molecule has 1 N–H and O–H groups in total. The smallest absolute Gasteiger partial charge is 0.270 e. The van der Waals surface area contributed by atoms with Crippen molar-refractivity contribution >= 4 is 27.3 Å². The van der Waals surface area contributed by atoms with Gasteiger partial charge in [-0.05, 0) is 23.8 Å². The number of nitrogens with zero attached hydrogens (tertiary/aromatic N) is 1. The number of non-ortho nitro benzene ring substituents is 1. The molecule has 0 aromatic heterocycles. The monoisotopic (exact) mass is 370 g/mol. The molecule has 0 aliphatic carbocycles. The molecule has 0 aliphatic heterocycles. The van der Waals surface area contributed by atoms with Gasteiger partial charge in [0.15, 0.2) is 0 Å². The molecule has 0 unspecified atom stereocenters. The van der Waals surface area contributed by atoms with Crippen LogP contribution in [0.15, 0.2) is 47.4 Å². The Balaban J connectivity index is 2.25. The predicted molar refractivity (Wildman–Crippen MR) is 90.6 cm³/mol.